The fraction of sp³-hybridized carbons (Fsp3) is 0.650. The molecule has 3 N–H and O–H groups in total. The van der Waals surface area contributed by atoms with Crippen LogP contribution in [0.3, 0.4) is 0 Å². The van der Waals surface area contributed by atoms with Crippen molar-refractivity contribution in [2.45, 2.75) is 38.1 Å². The first-order valence-electron chi connectivity index (χ1n) is 9.53. The van der Waals surface area contributed by atoms with Gasteiger partial charge in [0.15, 0.2) is 0 Å². The Kier molecular flexibility index (Phi) is 5.97. The molecule has 138 valence electrons. The molecule has 0 saturated carbocycles. The van der Waals surface area contributed by atoms with Crippen LogP contribution in [0.5, 0.6) is 5.75 Å². The minimum atomic E-state index is -0.496. The molecule has 25 heavy (non-hydrogen) atoms. The summed E-state index contributed by atoms with van der Waals surface area (Å²) in [6.45, 7) is 4.11. The third-order valence-corrected chi connectivity index (χ3v) is 5.99. The lowest BCUT2D eigenvalue weighted by molar-refractivity contribution is -0.134. The first-order valence-corrected chi connectivity index (χ1v) is 9.53. The summed E-state index contributed by atoms with van der Waals surface area (Å²) in [7, 11) is 2.20. The van der Waals surface area contributed by atoms with E-state index in [4.69, 9.17) is 5.73 Å². The zero-order chi connectivity index (χ0) is 17.8. The first-order chi connectivity index (χ1) is 12.0. The molecule has 5 nitrogen and oxygen atoms in total. The standard InChI is InChI=1S/C20H31N3O2/c1-22-10-6-16(7-11-22)17-8-12-23(13-9-17)20(25)19(21)14-15-2-4-18(24)5-3-15/h2-5,16-17,19,24H,6-14,21H2,1H3/t19-/m1/s1. The van der Waals surface area contributed by atoms with Gasteiger partial charge in [-0.1, -0.05) is 12.1 Å². The molecule has 2 heterocycles. The van der Waals surface area contributed by atoms with Crippen LogP contribution in [0.15, 0.2) is 24.3 Å². The molecule has 0 aromatic heterocycles. The first kappa shape index (κ1) is 18.2. The van der Waals surface area contributed by atoms with Gasteiger partial charge in [-0.15, -0.1) is 0 Å². The van der Waals surface area contributed by atoms with Crippen molar-refractivity contribution in [3.63, 3.8) is 0 Å². The van der Waals surface area contributed by atoms with Gasteiger partial charge in [-0.05, 0) is 81.8 Å². The number of benzene rings is 1. The van der Waals surface area contributed by atoms with Crippen molar-refractivity contribution in [2.75, 3.05) is 33.2 Å². The molecular formula is C20H31N3O2. The van der Waals surface area contributed by atoms with E-state index in [-0.39, 0.29) is 11.7 Å². The molecule has 1 atom stereocenters. The summed E-state index contributed by atoms with van der Waals surface area (Å²) < 4.78 is 0. The van der Waals surface area contributed by atoms with Gasteiger partial charge < -0.3 is 20.6 Å². The Bertz CT molecular complexity index is 559. The van der Waals surface area contributed by atoms with Crippen molar-refractivity contribution in [3.05, 3.63) is 29.8 Å². The van der Waals surface area contributed by atoms with Crippen molar-refractivity contribution < 1.29 is 9.90 Å². The minimum absolute atomic E-state index is 0.0647. The fourth-order valence-corrected chi connectivity index (χ4v) is 4.30. The van der Waals surface area contributed by atoms with Crippen LogP contribution in [0.4, 0.5) is 0 Å². The molecule has 2 aliphatic rings. The number of likely N-dealkylation sites (tertiary alicyclic amines) is 2. The second-order valence-corrected chi connectivity index (χ2v) is 7.78. The molecule has 0 spiro atoms. The number of carbonyl (C=O) groups excluding carboxylic acids is 1. The maximum Gasteiger partial charge on any atom is 0.239 e. The molecule has 1 aromatic rings. The molecule has 3 rings (SSSR count). The second kappa shape index (κ2) is 8.19. The summed E-state index contributed by atoms with van der Waals surface area (Å²) in [5.41, 5.74) is 7.14. The number of hydrogen-bond acceptors (Lipinski definition) is 4. The number of hydrogen-bond donors (Lipinski definition) is 2. The highest BCUT2D eigenvalue weighted by molar-refractivity contribution is 5.82. The number of nitrogens with zero attached hydrogens (tertiary/aromatic N) is 2. The van der Waals surface area contributed by atoms with Crippen LogP contribution in [-0.4, -0.2) is 60.1 Å². The van der Waals surface area contributed by atoms with Crippen LogP contribution >= 0.6 is 0 Å². The SMILES string of the molecule is CN1CCC(C2CCN(C(=O)[C@H](N)Cc3ccc(O)cc3)CC2)CC1. The Morgan fingerprint density at radius 2 is 1.60 bits per heavy atom. The summed E-state index contributed by atoms with van der Waals surface area (Å²) in [5.74, 6) is 1.90. The van der Waals surface area contributed by atoms with Crippen molar-refractivity contribution in [1.82, 2.24) is 9.80 Å². The highest BCUT2D eigenvalue weighted by Crippen LogP contribution is 2.32. The number of rotatable bonds is 4. The molecule has 5 heteroatoms. The van der Waals surface area contributed by atoms with E-state index in [0.717, 1.165) is 43.3 Å². The Balaban J connectivity index is 1.46. The number of carbonyl (C=O) groups is 1. The molecule has 0 radical (unpaired) electrons. The summed E-state index contributed by atoms with van der Waals surface area (Å²) in [6.07, 6.45) is 5.36. The van der Waals surface area contributed by atoms with Crippen LogP contribution in [0.25, 0.3) is 0 Å². The number of phenolic OH excluding ortho intramolecular Hbond substituents is 1. The van der Waals surface area contributed by atoms with Crippen molar-refractivity contribution >= 4 is 5.91 Å². The van der Waals surface area contributed by atoms with E-state index in [0.29, 0.717) is 6.42 Å². The van der Waals surface area contributed by atoms with Crippen molar-refractivity contribution in [1.29, 1.82) is 0 Å². The normalized spacial score (nSPS) is 22.1. The van der Waals surface area contributed by atoms with E-state index in [1.54, 1.807) is 12.1 Å². The number of amides is 1. The highest BCUT2D eigenvalue weighted by Gasteiger charge is 2.31. The van der Waals surface area contributed by atoms with E-state index >= 15 is 0 Å². The number of nitrogens with two attached hydrogens (primary N) is 1. The molecule has 2 fully saturated rings. The number of phenols is 1. The van der Waals surface area contributed by atoms with Gasteiger partial charge in [0.25, 0.3) is 0 Å². The monoisotopic (exact) mass is 345 g/mol. The summed E-state index contributed by atoms with van der Waals surface area (Å²) in [4.78, 5) is 17.0. The van der Waals surface area contributed by atoms with E-state index in [1.165, 1.54) is 25.9 Å². The Hall–Kier alpha value is -1.59. The molecular weight excluding hydrogens is 314 g/mol. The van der Waals surface area contributed by atoms with Crippen LogP contribution < -0.4 is 5.73 Å². The number of aromatic hydroxyl groups is 1. The average Bonchev–Trinajstić information content (AvgIpc) is 2.64. The zero-order valence-electron chi connectivity index (χ0n) is 15.2. The molecule has 2 saturated heterocycles. The van der Waals surface area contributed by atoms with E-state index in [2.05, 4.69) is 11.9 Å². The lowest BCUT2D eigenvalue weighted by Gasteiger charge is -2.40. The smallest absolute Gasteiger partial charge is 0.239 e. The molecule has 0 unspecified atom stereocenters. The quantitative estimate of drug-likeness (QED) is 0.874. The molecule has 0 bridgehead atoms. The second-order valence-electron chi connectivity index (χ2n) is 7.78. The highest BCUT2D eigenvalue weighted by atomic mass is 16.3. The molecule has 1 aromatic carbocycles. The predicted octanol–water partition coefficient (Wildman–Crippen LogP) is 1.84. The Morgan fingerprint density at radius 3 is 2.16 bits per heavy atom. The largest absolute Gasteiger partial charge is 0.508 e. The third-order valence-electron chi connectivity index (χ3n) is 5.99. The van der Waals surface area contributed by atoms with Gasteiger partial charge in [0.1, 0.15) is 5.75 Å². The predicted molar refractivity (Wildman–Crippen MR) is 99.3 cm³/mol. The van der Waals surface area contributed by atoms with Gasteiger partial charge in [0, 0.05) is 13.1 Å². The van der Waals surface area contributed by atoms with Crippen LogP contribution in [0, 0.1) is 11.8 Å². The average molecular weight is 345 g/mol. The Morgan fingerprint density at radius 1 is 1.08 bits per heavy atom. The third kappa shape index (κ3) is 4.73. The van der Waals surface area contributed by atoms with E-state index in [9.17, 15) is 9.90 Å². The van der Waals surface area contributed by atoms with Gasteiger partial charge in [-0.3, -0.25) is 4.79 Å². The van der Waals surface area contributed by atoms with Gasteiger partial charge >= 0.3 is 0 Å². The molecule has 2 aliphatic heterocycles. The summed E-state index contributed by atoms with van der Waals surface area (Å²) in [6, 6.07) is 6.44. The van der Waals surface area contributed by atoms with Gasteiger partial charge in [-0.2, -0.15) is 0 Å². The van der Waals surface area contributed by atoms with E-state index < -0.39 is 6.04 Å². The molecule has 1 amide bonds. The summed E-state index contributed by atoms with van der Waals surface area (Å²) in [5, 5.41) is 9.34. The topological polar surface area (TPSA) is 69.8 Å². The fourth-order valence-electron chi connectivity index (χ4n) is 4.30. The van der Waals surface area contributed by atoms with Crippen LogP contribution in [0.2, 0.25) is 0 Å². The zero-order valence-corrected chi connectivity index (χ0v) is 15.2. The van der Waals surface area contributed by atoms with Crippen molar-refractivity contribution in [2.24, 2.45) is 17.6 Å². The summed E-state index contributed by atoms with van der Waals surface area (Å²) >= 11 is 0. The lowest BCUT2D eigenvalue weighted by Crippen LogP contribution is -2.49. The van der Waals surface area contributed by atoms with Crippen molar-refractivity contribution in [3.8, 4) is 5.75 Å². The van der Waals surface area contributed by atoms with Crippen LogP contribution in [0.1, 0.15) is 31.2 Å². The van der Waals surface area contributed by atoms with E-state index in [1.807, 2.05) is 17.0 Å². The van der Waals surface area contributed by atoms with Gasteiger partial charge in [0.2, 0.25) is 5.91 Å². The lowest BCUT2D eigenvalue weighted by atomic mass is 9.79. The number of piperidine rings is 2. The maximum atomic E-state index is 12.6. The minimum Gasteiger partial charge on any atom is -0.508 e. The molecule has 0 aliphatic carbocycles. The Labute approximate surface area is 150 Å². The van der Waals surface area contributed by atoms with Gasteiger partial charge in [0.05, 0.1) is 6.04 Å². The van der Waals surface area contributed by atoms with Crippen LogP contribution in [-0.2, 0) is 11.2 Å². The maximum absolute atomic E-state index is 12.6. The van der Waals surface area contributed by atoms with Gasteiger partial charge in [-0.25, -0.2) is 0 Å².